The van der Waals surface area contributed by atoms with Crippen molar-refractivity contribution in [2.24, 2.45) is 0 Å². The molecule has 4 aromatic carbocycles. The number of hydrogen-bond donors (Lipinski definition) is 1. The van der Waals surface area contributed by atoms with E-state index in [1.54, 1.807) is 30.3 Å². The summed E-state index contributed by atoms with van der Waals surface area (Å²) in [6, 6.07) is 23.9. The third kappa shape index (κ3) is 9.44. The summed E-state index contributed by atoms with van der Waals surface area (Å²) < 4.78 is 34.8. The van der Waals surface area contributed by atoms with Crippen molar-refractivity contribution in [3.63, 3.8) is 0 Å². The molecule has 0 fully saturated rings. The third-order valence-corrected chi connectivity index (χ3v) is 10.1. The molecule has 4 rings (SSSR count). The second-order valence-corrected chi connectivity index (χ2v) is 15.5. The van der Waals surface area contributed by atoms with Gasteiger partial charge < -0.3 is 15.0 Å². The number of nitrogens with one attached hydrogen (secondary N) is 1. The molecular formula is C36H38Cl3N3O5S. The van der Waals surface area contributed by atoms with Gasteiger partial charge in [-0.05, 0) is 81.3 Å². The molecule has 0 radical (unpaired) electrons. The first-order valence-corrected chi connectivity index (χ1v) is 17.7. The quantitative estimate of drug-likeness (QED) is 0.161. The van der Waals surface area contributed by atoms with E-state index in [1.165, 1.54) is 42.3 Å². The van der Waals surface area contributed by atoms with E-state index in [0.29, 0.717) is 21.4 Å². The Bertz CT molecular complexity index is 1860. The monoisotopic (exact) mass is 729 g/mol. The van der Waals surface area contributed by atoms with Gasteiger partial charge in [0.25, 0.3) is 10.0 Å². The zero-order valence-corrected chi connectivity index (χ0v) is 30.4. The second-order valence-electron chi connectivity index (χ2n) is 12.3. The van der Waals surface area contributed by atoms with Crippen molar-refractivity contribution >= 4 is 62.3 Å². The van der Waals surface area contributed by atoms with Crippen LogP contribution >= 0.6 is 34.8 Å². The molecule has 254 valence electrons. The zero-order chi connectivity index (χ0) is 35.2. The highest BCUT2D eigenvalue weighted by Gasteiger charge is 2.36. The fourth-order valence-electron chi connectivity index (χ4n) is 5.02. The summed E-state index contributed by atoms with van der Waals surface area (Å²) in [6.07, 6.45) is 0.152. The van der Waals surface area contributed by atoms with Crippen LogP contribution in [-0.2, 0) is 32.6 Å². The molecule has 1 atom stereocenters. The van der Waals surface area contributed by atoms with Crippen molar-refractivity contribution in [1.82, 2.24) is 10.2 Å². The maximum absolute atomic E-state index is 14.7. The van der Waals surface area contributed by atoms with Gasteiger partial charge in [-0.1, -0.05) is 88.9 Å². The Morgan fingerprint density at radius 3 is 2.12 bits per heavy atom. The lowest BCUT2D eigenvalue weighted by molar-refractivity contribution is -0.140. The van der Waals surface area contributed by atoms with E-state index in [4.69, 9.17) is 39.5 Å². The summed E-state index contributed by atoms with van der Waals surface area (Å²) in [4.78, 5) is 30.0. The maximum atomic E-state index is 14.7. The van der Waals surface area contributed by atoms with Crippen LogP contribution in [-0.4, -0.2) is 50.4 Å². The van der Waals surface area contributed by atoms with Gasteiger partial charge in [0.2, 0.25) is 11.8 Å². The van der Waals surface area contributed by atoms with Gasteiger partial charge in [0.15, 0.2) is 0 Å². The molecule has 2 amide bonds. The first-order chi connectivity index (χ1) is 22.6. The zero-order valence-electron chi connectivity index (χ0n) is 27.3. The van der Waals surface area contributed by atoms with Crippen LogP contribution < -0.4 is 14.4 Å². The van der Waals surface area contributed by atoms with Crippen LogP contribution in [0.2, 0.25) is 15.1 Å². The molecule has 0 saturated carbocycles. The molecule has 4 aromatic rings. The van der Waals surface area contributed by atoms with Gasteiger partial charge in [0.1, 0.15) is 18.3 Å². The maximum Gasteiger partial charge on any atom is 0.264 e. The molecule has 8 nitrogen and oxygen atoms in total. The number of halogens is 3. The Hall–Kier alpha value is -3.76. The number of anilines is 1. The van der Waals surface area contributed by atoms with Crippen LogP contribution in [0, 0.1) is 6.92 Å². The molecule has 0 aromatic heterocycles. The number of methoxy groups -OCH3 is 1. The molecule has 0 heterocycles. The van der Waals surface area contributed by atoms with Gasteiger partial charge in [-0.2, -0.15) is 0 Å². The standard InChI is InChI=1S/C36H38Cl3N3O5S/c1-24-11-16-29(17-12-24)48(45,46)42(28-15-18-33(47-5)31(39)21-28)23-34(43)41(22-26-13-14-27(37)20-30(26)38)32(35(44)40-36(2,3)4)19-25-9-7-6-8-10-25/h6-18,20-21,32H,19,22-23H2,1-5H3,(H,40,44). The lowest BCUT2D eigenvalue weighted by Crippen LogP contribution is -2.56. The number of aryl methyl sites for hydroxylation is 1. The Labute approximate surface area is 297 Å². The SMILES string of the molecule is COc1ccc(N(CC(=O)N(Cc2ccc(Cl)cc2Cl)C(Cc2ccccc2)C(=O)NC(C)(C)C)S(=O)(=O)c2ccc(C)cc2)cc1Cl. The summed E-state index contributed by atoms with van der Waals surface area (Å²) >= 11 is 19.2. The van der Waals surface area contributed by atoms with Gasteiger partial charge in [-0.3, -0.25) is 13.9 Å². The van der Waals surface area contributed by atoms with Gasteiger partial charge in [-0.15, -0.1) is 0 Å². The highest BCUT2D eigenvalue weighted by molar-refractivity contribution is 7.92. The van der Waals surface area contributed by atoms with Gasteiger partial charge in [0, 0.05) is 28.5 Å². The van der Waals surface area contributed by atoms with Crippen molar-refractivity contribution in [2.75, 3.05) is 18.0 Å². The van der Waals surface area contributed by atoms with Crippen molar-refractivity contribution in [1.29, 1.82) is 0 Å². The van der Waals surface area contributed by atoms with Crippen LogP contribution in [0.25, 0.3) is 0 Å². The average Bonchev–Trinajstić information content (AvgIpc) is 3.02. The van der Waals surface area contributed by atoms with E-state index in [-0.39, 0.29) is 28.6 Å². The molecule has 48 heavy (non-hydrogen) atoms. The first kappa shape index (κ1) is 37.1. The summed E-state index contributed by atoms with van der Waals surface area (Å²) in [5, 5.41) is 3.85. The Kier molecular flexibility index (Phi) is 12.1. The molecule has 0 aliphatic carbocycles. The lowest BCUT2D eigenvalue weighted by atomic mass is 10.0. The highest BCUT2D eigenvalue weighted by Crippen LogP contribution is 2.33. The van der Waals surface area contributed by atoms with Crippen LogP contribution in [0.4, 0.5) is 5.69 Å². The van der Waals surface area contributed by atoms with E-state index < -0.39 is 40.0 Å². The number of nitrogens with zero attached hydrogens (tertiary/aromatic N) is 2. The van der Waals surface area contributed by atoms with Gasteiger partial charge >= 0.3 is 0 Å². The number of carbonyl (C=O) groups is 2. The molecule has 1 N–H and O–H groups in total. The molecule has 1 unspecified atom stereocenters. The summed E-state index contributed by atoms with van der Waals surface area (Å²) in [7, 11) is -2.87. The van der Waals surface area contributed by atoms with E-state index in [1.807, 2.05) is 58.0 Å². The normalized spacial score (nSPS) is 12.2. The topological polar surface area (TPSA) is 96.0 Å². The highest BCUT2D eigenvalue weighted by atomic mass is 35.5. The summed E-state index contributed by atoms with van der Waals surface area (Å²) in [5.41, 5.74) is 1.70. The molecular weight excluding hydrogens is 693 g/mol. The molecule has 12 heteroatoms. The van der Waals surface area contributed by atoms with Crippen LogP contribution in [0.5, 0.6) is 5.75 Å². The van der Waals surface area contributed by atoms with Gasteiger partial charge in [0.05, 0.1) is 22.7 Å². The van der Waals surface area contributed by atoms with Crippen molar-refractivity contribution < 1.29 is 22.7 Å². The molecule has 0 aliphatic rings. The van der Waals surface area contributed by atoms with Crippen LogP contribution in [0.15, 0.2) is 95.9 Å². The number of sulfonamides is 1. The Balaban J connectivity index is 1.86. The summed E-state index contributed by atoms with van der Waals surface area (Å²) in [5.74, 6) is -0.723. The Morgan fingerprint density at radius 1 is 0.875 bits per heavy atom. The minimum atomic E-state index is -4.31. The fourth-order valence-corrected chi connectivity index (χ4v) is 7.14. The number of benzene rings is 4. The largest absolute Gasteiger partial charge is 0.495 e. The predicted octanol–water partition coefficient (Wildman–Crippen LogP) is 7.71. The number of amides is 2. The molecule has 0 spiro atoms. The number of carbonyl (C=O) groups excluding carboxylic acids is 2. The van der Waals surface area contributed by atoms with Crippen LogP contribution in [0.1, 0.15) is 37.5 Å². The van der Waals surface area contributed by atoms with Crippen molar-refractivity contribution in [2.45, 2.75) is 57.1 Å². The number of rotatable bonds is 12. The first-order valence-electron chi connectivity index (χ1n) is 15.1. The average molecular weight is 731 g/mol. The van der Waals surface area contributed by atoms with Crippen molar-refractivity contribution in [3.8, 4) is 5.75 Å². The second kappa shape index (κ2) is 15.6. The molecule has 0 aliphatic heterocycles. The number of ether oxygens (including phenoxy) is 1. The molecule has 0 bridgehead atoms. The van der Waals surface area contributed by atoms with Crippen LogP contribution in [0.3, 0.4) is 0 Å². The minimum Gasteiger partial charge on any atom is -0.495 e. The van der Waals surface area contributed by atoms with Crippen molar-refractivity contribution in [3.05, 3.63) is 123 Å². The smallest absolute Gasteiger partial charge is 0.264 e. The summed E-state index contributed by atoms with van der Waals surface area (Å²) in [6.45, 7) is 6.61. The van der Waals surface area contributed by atoms with E-state index >= 15 is 0 Å². The number of hydrogen-bond acceptors (Lipinski definition) is 5. The van der Waals surface area contributed by atoms with E-state index in [0.717, 1.165) is 15.4 Å². The molecule has 0 saturated heterocycles. The van der Waals surface area contributed by atoms with Gasteiger partial charge in [-0.25, -0.2) is 8.42 Å². The fraction of sp³-hybridized carbons (Fsp3) is 0.278. The van der Waals surface area contributed by atoms with E-state index in [9.17, 15) is 18.0 Å². The van der Waals surface area contributed by atoms with E-state index in [2.05, 4.69) is 5.32 Å². The lowest BCUT2D eigenvalue weighted by Gasteiger charge is -2.35. The third-order valence-electron chi connectivity index (χ3n) is 7.44. The predicted molar refractivity (Wildman–Crippen MR) is 193 cm³/mol. The Morgan fingerprint density at radius 2 is 1.54 bits per heavy atom. The minimum absolute atomic E-state index is 0.0218.